The van der Waals surface area contributed by atoms with E-state index in [1.165, 1.54) is 55.2 Å². The topological polar surface area (TPSA) is 0 Å². The van der Waals surface area contributed by atoms with E-state index in [0.717, 1.165) is 18.3 Å². The molecule has 0 nitrogen and oxygen atoms in total. The molecule has 0 heterocycles. The quantitative estimate of drug-likeness (QED) is 0.479. The molecule has 0 saturated heterocycles. The van der Waals surface area contributed by atoms with E-state index in [4.69, 9.17) is 0 Å². The zero-order valence-corrected chi connectivity index (χ0v) is 15.9. The number of hydrogen-bond acceptors (Lipinski definition) is 0. The van der Waals surface area contributed by atoms with Crippen molar-refractivity contribution in [2.45, 2.75) is 64.7 Å². The molecule has 2 aromatic rings. The van der Waals surface area contributed by atoms with Crippen molar-refractivity contribution in [3.8, 4) is 11.1 Å². The van der Waals surface area contributed by atoms with E-state index < -0.39 is 0 Å². The van der Waals surface area contributed by atoms with Gasteiger partial charge in [-0.1, -0.05) is 67.6 Å². The Morgan fingerprint density at radius 2 is 1.44 bits per heavy atom. The van der Waals surface area contributed by atoms with Gasteiger partial charge in [-0.15, -0.1) is 0 Å². The van der Waals surface area contributed by atoms with Gasteiger partial charge in [-0.05, 0) is 86.0 Å². The predicted octanol–water partition coefficient (Wildman–Crippen LogP) is 7.55. The highest BCUT2D eigenvalue weighted by atomic mass is 14.3. The first kappa shape index (κ1) is 18.0. The highest BCUT2D eigenvalue weighted by Crippen LogP contribution is 2.38. The molecule has 1 fully saturated rings. The van der Waals surface area contributed by atoms with Gasteiger partial charge < -0.3 is 0 Å². The van der Waals surface area contributed by atoms with Crippen molar-refractivity contribution >= 4 is 0 Å². The van der Waals surface area contributed by atoms with Gasteiger partial charge in [-0.2, -0.15) is 0 Å². The molecule has 0 N–H and O–H groups in total. The molecule has 0 spiro atoms. The van der Waals surface area contributed by atoms with E-state index in [9.17, 15) is 0 Å². The molecule has 0 atom stereocenters. The van der Waals surface area contributed by atoms with E-state index in [-0.39, 0.29) is 0 Å². The lowest BCUT2D eigenvalue weighted by molar-refractivity contribution is 0.312. The third kappa shape index (κ3) is 4.84. The summed E-state index contributed by atoms with van der Waals surface area (Å²) in [4.78, 5) is 0. The molecule has 0 aromatic heterocycles. The summed E-state index contributed by atoms with van der Waals surface area (Å²) in [6.07, 6.45) is 13.8. The molecule has 0 bridgehead atoms. The summed E-state index contributed by atoms with van der Waals surface area (Å²) in [5, 5.41) is 0. The van der Waals surface area contributed by atoms with E-state index in [0.29, 0.717) is 0 Å². The van der Waals surface area contributed by atoms with Crippen LogP contribution in [0.5, 0.6) is 0 Å². The van der Waals surface area contributed by atoms with Crippen LogP contribution >= 0.6 is 0 Å². The van der Waals surface area contributed by atoms with Crippen molar-refractivity contribution in [1.29, 1.82) is 0 Å². The largest absolute Gasteiger partial charge is 0.0917 e. The van der Waals surface area contributed by atoms with E-state index >= 15 is 0 Å². The highest BCUT2D eigenvalue weighted by molar-refractivity contribution is 5.64. The molecular weight excluding hydrogens is 300 g/mol. The molecule has 0 unspecified atom stereocenters. The lowest BCUT2D eigenvalue weighted by Crippen LogP contribution is -2.13. The van der Waals surface area contributed by atoms with Gasteiger partial charge in [0, 0.05) is 0 Å². The fourth-order valence-corrected chi connectivity index (χ4v) is 4.16. The average molecular weight is 333 g/mol. The minimum Gasteiger partial charge on any atom is -0.0917 e. The highest BCUT2D eigenvalue weighted by Gasteiger charge is 2.21. The molecular formula is C25H32. The Morgan fingerprint density at radius 1 is 0.840 bits per heavy atom. The minimum atomic E-state index is 0.773. The molecule has 1 aliphatic carbocycles. The van der Waals surface area contributed by atoms with Crippen LogP contribution in [0.3, 0.4) is 0 Å². The van der Waals surface area contributed by atoms with Gasteiger partial charge in [0.15, 0.2) is 0 Å². The summed E-state index contributed by atoms with van der Waals surface area (Å²) in [5.74, 6) is 1.72. The molecule has 0 heteroatoms. The Morgan fingerprint density at radius 3 is 2.00 bits per heavy atom. The lowest BCUT2D eigenvalue weighted by atomic mass is 9.77. The molecule has 3 rings (SSSR count). The van der Waals surface area contributed by atoms with Gasteiger partial charge in [-0.3, -0.25) is 0 Å². The van der Waals surface area contributed by atoms with Gasteiger partial charge in [-0.25, -0.2) is 0 Å². The van der Waals surface area contributed by atoms with Crippen molar-refractivity contribution in [2.75, 3.05) is 0 Å². The Labute approximate surface area is 154 Å². The maximum atomic E-state index is 2.37. The van der Waals surface area contributed by atoms with Crippen molar-refractivity contribution in [3.63, 3.8) is 0 Å². The van der Waals surface area contributed by atoms with Crippen molar-refractivity contribution < 1.29 is 0 Å². The van der Waals surface area contributed by atoms with Crippen LogP contribution in [-0.2, 0) is 6.42 Å². The lowest BCUT2D eigenvalue weighted by Gasteiger charge is -2.28. The molecule has 1 aliphatic rings. The summed E-state index contributed by atoms with van der Waals surface area (Å²) >= 11 is 0. The standard InChI is InChI=1S/C25H32/c1-3-5-6-7-21-10-14-23(15-11-21)25-18-16-24(17-19-25)22-12-8-20(4-2)9-13-22/h3,5,8-9,12-13,16-19,21,23H,4,6-7,10-11,14-15H2,1-2H3. The Balaban J connectivity index is 1.57. The number of allylic oxidation sites excluding steroid dienone is 2. The van der Waals surface area contributed by atoms with Gasteiger partial charge in [0.05, 0.1) is 0 Å². The van der Waals surface area contributed by atoms with E-state index in [1.54, 1.807) is 5.56 Å². The van der Waals surface area contributed by atoms with Crippen LogP contribution in [0.2, 0.25) is 0 Å². The van der Waals surface area contributed by atoms with Crippen LogP contribution in [0.15, 0.2) is 60.7 Å². The summed E-state index contributed by atoms with van der Waals surface area (Å²) < 4.78 is 0. The second kappa shape index (κ2) is 9.04. The van der Waals surface area contributed by atoms with Crippen LogP contribution in [0, 0.1) is 5.92 Å². The summed E-state index contributed by atoms with van der Waals surface area (Å²) in [7, 11) is 0. The number of hydrogen-bond donors (Lipinski definition) is 0. The van der Waals surface area contributed by atoms with Crippen LogP contribution in [0.25, 0.3) is 11.1 Å². The first-order valence-electron chi connectivity index (χ1n) is 10.1. The smallest absolute Gasteiger partial charge is 0.0162 e. The first-order valence-corrected chi connectivity index (χ1v) is 10.1. The van der Waals surface area contributed by atoms with E-state index in [2.05, 4.69) is 74.5 Å². The second-order valence-corrected chi connectivity index (χ2v) is 7.54. The molecule has 0 aliphatic heterocycles. The Kier molecular flexibility index (Phi) is 6.50. The van der Waals surface area contributed by atoms with Gasteiger partial charge in [0.2, 0.25) is 0 Å². The van der Waals surface area contributed by atoms with Crippen LogP contribution in [0.4, 0.5) is 0 Å². The minimum absolute atomic E-state index is 0.773. The van der Waals surface area contributed by atoms with Crippen molar-refractivity contribution in [3.05, 3.63) is 71.8 Å². The molecule has 25 heavy (non-hydrogen) atoms. The maximum absolute atomic E-state index is 2.37. The van der Waals surface area contributed by atoms with Gasteiger partial charge in [0.25, 0.3) is 0 Å². The molecule has 132 valence electrons. The van der Waals surface area contributed by atoms with Crippen molar-refractivity contribution in [2.24, 2.45) is 5.92 Å². The van der Waals surface area contributed by atoms with Crippen molar-refractivity contribution in [1.82, 2.24) is 0 Å². The van der Waals surface area contributed by atoms with Crippen LogP contribution in [0.1, 0.15) is 69.4 Å². The number of benzene rings is 2. The summed E-state index contributed by atoms with van der Waals surface area (Å²) in [6, 6.07) is 18.4. The normalized spacial score (nSPS) is 20.9. The fraction of sp³-hybridized carbons (Fsp3) is 0.440. The molecule has 1 saturated carbocycles. The SMILES string of the molecule is CC=CCCC1CCC(c2ccc(-c3ccc(CC)cc3)cc2)CC1. The maximum Gasteiger partial charge on any atom is -0.0162 e. The summed E-state index contributed by atoms with van der Waals surface area (Å²) in [6.45, 7) is 4.33. The number of aryl methyl sites for hydroxylation is 1. The van der Waals surface area contributed by atoms with Gasteiger partial charge in [0.1, 0.15) is 0 Å². The molecule has 0 radical (unpaired) electrons. The van der Waals surface area contributed by atoms with Gasteiger partial charge >= 0.3 is 0 Å². The molecule has 0 amide bonds. The second-order valence-electron chi connectivity index (χ2n) is 7.54. The average Bonchev–Trinajstić information content (AvgIpc) is 2.69. The first-order chi connectivity index (χ1) is 12.3. The third-order valence-corrected chi connectivity index (χ3v) is 5.90. The Bertz CT molecular complexity index is 652. The zero-order valence-electron chi connectivity index (χ0n) is 15.9. The zero-order chi connectivity index (χ0) is 17.5. The monoisotopic (exact) mass is 332 g/mol. The van der Waals surface area contributed by atoms with Crippen LogP contribution < -0.4 is 0 Å². The fourth-order valence-electron chi connectivity index (χ4n) is 4.16. The van der Waals surface area contributed by atoms with Crippen LogP contribution in [-0.4, -0.2) is 0 Å². The third-order valence-electron chi connectivity index (χ3n) is 5.90. The summed E-state index contributed by atoms with van der Waals surface area (Å²) in [5.41, 5.74) is 5.62. The van der Waals surface area contributed by atoms with E-state index in [1.807, 2.05) is 0 Å². The Hall–Kier alpha value is -1.82. The number of rotatable bonds is 6. The molecule has 2 aromatic carbocycles. The predicted molar refractivity (Wildman–Crippen MR) is 110 cm³/mol.